The summed E-state index contributed by atoms with van der Waals surface area (Å²) in [4.78, 5) is 12.5. The molecule has 3 nitrogen and oxygen atoms in total. The van der Waals surface area contributed by atoms with Gasteiger partial charge in [-0.2, -0.15) is 0 Å². The number of nitrogens with zero attached hydrogens (tertiary/aromatic N) is 1. The van der Waals surface area contributed by atoms with Gasteiger partial charge in [-0.05, 0) is 35.4 Å². The van der Waals surface area contributed by atoms with Gasteiger partial charge >= 0.3 is 0 Å². The zero-order valence-corrected chi connectivity index (χ0v) is 12.7. The van der Waals surface area contributed by atoms with Crippen LogP contribution < -0.4 is 5.32 Å². The lowest BCUT2D eigenvalue weighted by molar-refractivity contribution is 0.0935. The van der Waals surface area contributed by atoms with Crippen molar-refractivity contribution >= 4 is 5.91 Å². The number of halogens is 1. The maximum atomic E-state index is 13.2. The molecule has 1 N–H and O–H groups in total. The molecule has 116 valence electrons. The van der Waals surface area contributed by atoms with Crippen LogP contribution in [0, 0.1) is 5.82 Å². The maximum absolute atomic E-state index is 13.2. The van der Waals surface area contributed by atoms with E-state index in [0.717, 1.165) is 11.1 Å². The van der Waals surface area contributed by atoms with Crippen molar-refractivity contribution in [3.05, 3.63) is 95.6 Å². The molecule has 1 unspecified atom stereocenters. The Labute approximate surface area is 134 Å². The first-order valence-electron chi connectivity index (χ1n) is 7.38. The zero-order chi connectivity index (χ0) is 16.2. The number of amides is 1. The number of hydrogen-bond acceptors (Lipinski definition) is 1. The number of rotatable bonds is 4. The van der Waals surface area contributed by atoms with Crippen molar-refractivity contribution in [1.29, 1.82) is 0 Å². The molecule has 0 bridgehead atoms. The van der Waals surface area contributed by atoms with Gasteiger partial charge in [0.1, 0.15) is 11.5 Å². The number of aromatic nitrogens is 1. The summed E-state index contributed by atoms with van der Waals surface area (Å²) >= 11 is 0. The van der Waals surface area contributed by atoms with Gasteiger partial charge in [0, 0.05) is 13.2 Å². The van der Waals surface area contributed by atoms with Crippen molar-refractivity contribution < 1.29 is 9.18 Å². The minimum atomic E-state index is -0.334. The molecule has 0 aliphatic carbocycles. The third-order valence-corrected chi connectivity index (χ3v) is 3.79. The normalized spacial score (nSPS) is 11.9. The maximum Gasteiger partial charge on any atom is 0.268 e. The fourth-order valence-corrected chi connectivity index (χ4v) is 2.56. The van der Waals surface area contributed by atoms with Gasteiger partial charge in [0.25, 0.3) is 5.91 Å². The van der Waals surface area contributed by atoms with Gasteiger partial charge in [-0.15, -0.1) is 0 Å². The summed E-state index contributed by atoms with van der Waals surface area (Å²) in [5.74, 6) is -0.468. The predicted molar refractivity (Wildman–Crippen MR) is 87.6 cm³/mol. The van der Waals surface area contributed by atoms with Crippen molar-refractivity contribution in [2.75, 3.05) is 0 Å². The topological polar surface area (TPSA) is 34.0 Å². The van der Waals surface area contributed by atoms with Gasteiger partial charge in [0.05, 0.1) is 6.04 Å². The number of carbonyl (C=O) groups excluding carboxylic acids is 1. The molecule has 0 spiro atoms. The third kappa shape index (κ3) is 3.31. The lowest BCUT2D eigenvalue weighted by atomic mass is 9.98. The van der Waals surface area contributed by atoms with Crippen molar-refractivity contribution in [2.45, 2.75) is 6.04 Å². The molecule has 1 atom stereocenters. The molecule has 0 saturated carbocycles. The van der Waals surface area contributed by atoms with E-state index < -0.39 is 0 Å². The molecule has 4 heteroatoms. The molecule has 1 heterocycles. The van der Waals surface area contributed by atoms with Crippen LogP contribution in [0.4, 0.5) is 4.39 Å². The number of benzene rings is 2. The SMILES string of the molecule is Cn1cccc1C(=O)NC(c1ccccc1)c1ccc(F)cc1. The third-order valence-electron chi connectivity index (χ3n) is 3.79. The Kier molecular flexibility index (Phi) is 4.24. The Hall–Kier alpha value is -2.88. The van der Waals surface area contributed by atoms with Crippen molar-refractivity contribution in [3.63, 3.8) is 0 Å². The van der Waals surface area contributed by atoms with Crippen LogP contribution in [0.1, 0.15) is 27.7 Å². The molecule has 0 aliphatic heterocycles. The molecule has 0 radical (unpaired) electrons. The first kappa shape index (κ1) is 15.0. The Bertz CT molecular complexity index is 794. The minimum absolute atomic E-state index is 0.171. The van der Waals surface area contributed by atoms with Crippen LogP contribution in [0.15, 0.2) is 72.9 Å². The second kappa shape index (κ2) is 6.48. The summed E-state index contributed by atoms with van der Waals surface area (Å²) < 4.78 is 15.0. The van der Waals surface area contributed by atoms with Crippen LogP contribution in [0.3, 0.4) is 0 Å². The van der Waals surface area contributed by atoms with Crippen molar-refractivity contribution in [3.8, 4) is 0 Å². The molecule has 23 heavy (non-hydrogen) atoms. The first-order chi connectivity index (χ1) is 11.1. The summed E-state index contributed by atoms with van der Waals surface area (Å²) in [5, 5.41) is 3.03. The largest absolute Gasteiger partial charge is 0.347 e. The van der Waals surface area contributed by atoms with Gasteiger partial charge in [-0.1, -0.05) is 42.5 Å². The molecule has 1 aromatic heterocycles. The summed E-state index contributed by atoms with van der Waals surface area (Å²) in [7, 11) is 1.82. The Morgan fingerprint density at radius 3 is 2.22 bits per heavy atom. The van der Waals surface area contributed by atoms with Crippen LogP contribution in [-0.2, 0) is 7.05 Å². The van der Waals surface area contributed by atoms with E-state index in [4.69, 9.17) is 0 Å². The van der Waals surface area contributed by atoms with E-state index in [2.05, 4.69) is 5.32 Å². The van der Waals surface area contributed by atoms with E-state index in [1.165, 1.54) is 12.1 Å². The predicted octanol–water partition coefficient (Wildman–Crippen LogP) is 3.68. The highest BCUT2D eigenvalue weighted by molar-refractivity contribution is 5.93. The van der Waals surface area contributed by atoms with Crippen LogP contribution in [0.25, 0.3) is 0 Å². The second-order valence-electron chi connectivity index (χ2n) is 5.37. The highest BCUT2D eigenvalue weighted by Gasteiger charge is 2.19. The van der Waals surface area contributed by atoms with E-state index in [9.17, 15) is 9.18 Å². The number of carbonyl (C=O) groups is 1. The highest BCUT2D eigenvalue weighted by atomic mass is 19.1. The summed E-state index contributed by atoms with van der Waals surface area (Å²) in [6.07, 6.45) is 1.82. The van der Waals surface area contributed by atoms with Crippen LogP contribution in [0.5, 0.6) is 0 Å². The Balaban J connectivity index is 1.94. The summed E-state index contributed by atoms with van der Waals surface area (Å²) in [6.45, 7) is 0. The van der Waals surface area contributed by atoms with Gasteiger partial charge in [-0.3, -0.25) is 4.79 Å². The minimum Gasteiger partial charge on any atom is -0.347 e. The second-order valence-corrected chi connectivity index (χ2v) is 5.37. The lowest BCUT2D eigenvalue weighted by Gasteiger charge is -2.20. The lowest BCUT2D eigenvalue weighted by Crippen LogP contribution is -2.30. The van der Waals surface area contributed by atoms with E-state index in [1.54, 1.807) is 22.8 Å². The van der Waals surface area contributed by atoms with E-state index >= 15 is 0 Å². The molecule has 0 saturated heterocycles. The summed E-state index contributed by atoms with van der Waals surface area (Å²) in [6, 6.07) is 19.1. The fourth-order valence-electron chi connectivity index (χ4n) is 2.56. The smallest absolute Gasteiger partial charge is 0.268 e. The standard InChI is InChI=1S/C19H17FN2O/c1-22-13-5-8-17(22)19(23)21-18(14-6-3-2-4-7-14)15-9-11-16(20)12-10-15/h2-13,18H,1H3,(H,21,23). The molecule has 3 rings (SSSR count). The van der Waals surface area contributed by atoms with Gasteiger partial charge < -0.3 is 9.88 Å². The Morgan fingerprint density at radius 1 is 0.957 bits per heavy atom. The van der Waals surface area contributed by atoms with Crippen LogP contribution in [0.2, 0.25) is 0 Å². The zero-order valence-electron chi connectivity index (χ0n) is 12.7. The van der Waals surface area contributed by atoms with Crippen LogP contribution >= 0.6 is 0 Å². The molecule has 3 aromatic rings. The number of nitrogens with one attached hydrogen (secondary N) is 1. The van der Waals surface area contributed by atoms with Crippen LogP contribution in [-0.4, -0.2) is 10.5 Å². The monoisotopic (exact) mass is 308 g/mol. The average molecular weight is 308 g/mol. The molecule has 1 amide bonds. The van der Waals surface area contributed by atoms with Gasteiger partial charge in [-0.25, -0.2) is 4.39 Å². The number of aryl methyl sites for hydroxylation is 1. The van der Waals surface area contributed by atoms with Gasteiger partial charge in [0.15, 0.2) is 0 Å². The average Bonchev–Trinajstić information content (AvgIpc) is 3.00. The number of hydrogen-bond donors (Lipinski definition) is 1. The van der Waals surface area contributed by atoms with E-state index in [0.29, 0.717) is 5.69 Å². The summed E-state index contributed by atoms with van der Waals surface area (Å²) in [5.41, 5.74) is 2.36. The highest BCUT2D eigenvalue weighted by Crippen LogP contribution is 2.22. The first-order valence-corrected chi connectivity index (χ1v) is 7.38. The molecule has 2 aromatic carbocycles. The molecular weight excluding hydrogens is 291 g/mol. The quantitative estimate of drug-likeness (QED) is 0.784. The molecule has 0 fully saturated rings. The van der Waals surface area contributed by atoms with E-state index in [1.807, 2.05) is 49.6 Å². The van der Waals surface area contributed by atoms with Crippen molar-refractivity contribution in [2.24, 2.45) is 7.05 Å². The fraction of sp³-hybridized carbons (Fsp3) is 0.105. The van der Waals surface area contributed by atoms with E-state index in [-0.39, 0.29) is 17.8 Å². The Morgan fingerprint density at radius 2 is 1.61 bits per heavy atom. The molecular formula is C19H17FN2O. The molecule has 0 aliphatic rings. The van der Waals surface area contributed by atoms with Crippen molar-refractivity contribution in [1.82, 2.24) is 9.88 Å². The van der Waals surface area contributed by atoms with Gasteiger partial charge in [0.2, 0.25) is 0 Å².